The molecule has 6 nitrogen and oxygen atoms in total. The number of benzene rings is 1. The number of hydrogen-bond acceptors (Lipinski definition) is 5. The fourth-order valence-electron chi connectivity index (χ4n) is 3.33. The third-order valence-corrected chi connectivity index (χ3v) is 4.74. The van der Waals surface area contributed by atoms with Gasteiger partial charge in [0.25, 0.3) is 0 Å². The number of fused-ring (bicyclic) bond motifs is 1. The zero-order valence-corrected chi connectivity index (χ0v) is 14.5. The molecule has 1 fully saturated rings. The Hall–Kier alpha value is -2.15. The number of rotatable bonds is 6. The van der Waals surface area contributed by atoms with Crippen molar-refractivity contribution in [2.24, 2.45) is 0 Å². The molecule has 1 N–H and O–H groups in total. The SMILES string of the molecule is CNC(=O)OCCCCN1CCC(c2noc3cc(F)ccc23)CC1. The van der Waals surface area contributed by atoms with Gasteiger partial charge >= 0.3 is 6.09 Å². The molecular formula is C18H24FN3O3. The number of ether oxygens (including phenoxy) is 1. The summed E-state index contributed by atoms with van der Waals surface area (Å²) in [6.07, 6.45) is 3.54. The average Bonchev–Trinajstić information content (AvgIpc) is 3.04. The van der Waals surface area contributed by atoms with Crippen LogP contribution in [0.25, 0.3) is 11.0 Å². The van der Waals surface area contributed by atoms with E-state index in [1.807, 2.05) is 0 Å². The zero-order valence-electron chi connectivity index (χ0n) is 14.5. The third-order valence-electron chi connectivity index (χ3n) is 4.74. The van der Waals surface area contributed by atoms with Gasteiger partial charge in [-0.3, -0.25) is 0 Å². The number of nitrogens with one attached hydrogen (secondary N) is 1. The van der Waals surface area contributed by atoms with E-state index < -0.39 is 0 Å². The van der Waals surface area contributed by atoms with Gasteiger partial charge in [0.15, 0.2) is 5.58 Å². The maximum atomic E-state index is 13.3. The Kier molecular flexibility index (Phi) is 5.86. The first-order valence-corrected chi connectivity index (χ1v) is 8.79. The monoisotopic (exact) mass is 349 g/mol. The van der Waals surface area contributed by atoms with Crippen LogP contribution in [0.2, 0.25) is 0 Å². The van der Waals surface area contributed by atoms with E-state index in [4.69, 9.17) is 9.26 Å². The van der Waals surface area contributed by atoms with Crippen LogP contribution in [-0.2, 0) is 4.74 Å². The first kappa shape index (κ1) is 17.7. The van der Waals surface area contributed by atoms with E-state index in [0.717, 1.165) is 56.4 Å². The molecule has 1 aliphatic rings. The van der Waals surface area contributed by atoms with Gasteiger partial charge in [-0.25, -0.2) is 9.18 Å². The standard InChI is InChI=1S/C18H24FN3O3/c1-20-18(23)24-11-3-2-8-22-9-6-13(7-10-22)17-15-5-4-14(19)12-16(15)25-21-17/h4-5,12-13H,2-3,6-11H2,1H3,(H,20,23). The molecule has 1 aliphatic heterocycles. The molecule has 1 aromatic carbocycles. The minimum atomic E-state index is -0.375. The fraction of sp³-hybridized carbons (Fsp3) is 0.556. The van der Waals surface area contributed by atoms with Crippen molar-refractivity contribution in [3.8, 4) is 0 Å². The van der Waals surface area contributed by atoms with E-state index in [0.29, 0.717) is 18.1 Å². The van der Waals surface area contributed by atoms with E-state index in [-0.39, 0.29) is 11.9 Å². The Morgan fingerprint density at radius 3 is 2.96 bits per heavy atom. The Morgan fingerprint density at radius 1 is 1.40 bits per heavy atom. The molecule has 1 amide bonds. The second kappa shape index (κ2) is 8.29. The molecule has 136 valence electrons. The van der Waals surface area contributed by atoms with Crippen molar-refractivity contribution in [2.75, 3.05) is 33.3 Å². The van der Waals surface area contributed by atoms with Gasteiger partial charge < -0.3 is 19.5 Å². The average molecular weight is 349 g/mol. The van der Waals surface area contributed by atoms with Crippen LogP contribution in [0.5, 0.6) is 0 Å². The highest BCUT2D eigenvalue weighted by atomic mass is 19.1. The second-order valence-electron chi connectivity index (χ2n) is 6.42. The fourth-order valence-corrected chi connectivity index (χ4v) is 3.33. The van der Waals surface area contributed by atoms with Crippen LogP contribution in [0, 0.1) is 5.82 Å². The Balaban J connectivity index is 1.43. The van der Waals surface area contributed by atoms with E-state index in [9.17, 15) is 9.18 Å². The summed E-state index contributed by atoms with van der Waals surface area (Å²) in [5.41, 5.74) is 1.47. The number of likely N-dealkylation sites (tertiary alicyclic amines) is 1. The number of carbonyl (C=O) groups is 1. The molecule has 1 saturated heterocycles. The summed E-state index contributed by atoms with van der Waals surface area (Å²) in [5, 5.41) is 7.54. The van der Waals surface area contributed by atoms with Crippen molar-refractivity contribution in [3.05, 3.63) is 29.7 Å². The molecule has 1 aromatic heterocycles. The Bertz CT molecular complexity index is 711. The maximum absolute atomic E-state index is 13.3. The van der Waals surface area contributed by atoms with Crippen LogP contribution < -0.4 is 5.32 Å². The number of unbranched alkanes of at least 4 members (excludes halogenated alkanes) is 1. The molecule has 0 unspecified atom stereocenters. The summed E-state index contributed by atoms with van der Waals surface area (Å²) in [6.45, 7) is 3.49. The van der Waals surface area contributed by atoms with Crippen LogP contribution in [0.3, 0.4) is 0 Å². The van der Waals surface area contributed by atoms with E-state index in [2.05, 4.69) is 15.4 Å². The normalized spacial score (nSPS) is 16.2. The molecule has 3 rings (SSSR count). The van der Waals surface area contributed by atoms with Gasteiger partial charge in [-0.05, 0) is 57.5 Å². The van der Waals surface area contributed by atoms with Gasteiger partial charge in [0.2, 0.25) is 0 Å². The number of alkyl carbamates (subject to hydrolysis) is 1. The smallest absolute Gasteiger partial charge is 0.406 e. The van der Waals surface area contributed by atoms with Crippen LogP contribution in [0.4, 0.5) is 9.18 Å². The summed E-state index contributed by atoms with van der Waals surface area (Å²) >= 11 is 0. The van der Waals surface area contributed by atoms with Gasteiger partial charge in [0.1, 0.15) is 5.82 Å². The summed E-state index contributed by atoms with van der Waals surface area (Å²) in [4.78, 5) is 13.4. The molecule has 0 spiro atoms. The first-order valence-electron chi connectivity index (χ1n) is 8.79. The quantitative estimate of drug-likeness (QED) is 0.811. The zero-order chi connectivity index (χ0) is 17.6. The highest BCUT2D eigenvalue weighted by molar-refractivity contribution is 5.79. The van der Waals surface area contributed by atoms with Gasteiger partial charge in [0, 0.05) is 24.4 Å². The molecule has 7 heteroatoms. The molecule has 0 radical (unpaired) electrons. The molecular weight excluding hydrogens is 325 g/mol. The van der Waals surface area contributed by atoms with Crippen molar-refractivity contribution in [1.82, 2.24) is 15.4 Å². The first-order chi connectivity index (χ1) is 12.2. The lowest BCUT2D eigenvalue weighted by molar-refractivity contribution is 0.142. The number of hydrogen-bond donors (Lipinski definition) is 1. The van der Waals surface area contributed by atoms with Crippen LogP contribution in [-0.4, -0.2) is 49.4 Å². The van der Waals surface area contributed by atoms with Crippen LogP contribution >= 0.6 is 0 Å². The number of aromatic nitrogens is 1. The minimum Gasteiger partial charge on any atom is -0.450 e. The molecule has 0 saturated carbocycles. The van der Waals surface area contributed by atoms with Gasteiger partial charge in [0.05, 0.1) is 12.3 Å². The lowest BCUT2D eigenvalue weighted by Gasteiger charge is -2.31. The van der Waals surface area contributed by atoms with Crippen molar-refractivity contribution in [2.45, 2.75) is 31.6 Å². The summed E-state index contributed by atoms with van der Waals surface area (Å²) in [5.74, 6) is 0.0601. The lowest BCUT2D eigenvalue weighted by Crippen LogP contribution is -2.34. The molecule has 2 aromatic rings. The van der Waals surface area contributed by atoms with Gasteiger partial charge in [-0.2, -0.15) is 0 Å². The number of nitrogens with zero attached hydrogens (tertiary/aromatic N) is 2. The van der Waals surface area contributed by atoms with E-state index >= 15 is 0 Å². The topological polar surface area (TPSA) is 67.6 Å². The molecule has 0 aliphatic carbocycles. The van der Waals surface area contributed by atoms with Gasteiger partial charge in [-0.15, -0.1) is 0 Å². The maximum Gasteiger partial charge on any atom is 0.406 e. The van der Waals surface area contributed by atoms with Crippen LogP contribution in [0.15, 0.2) is 22.7 Å². The number of carbonyl (C=O) groups excluding carboxylic acids is 1. The van der Waals surface area contributed by atoms with E-state index in [1.165, 1.54) is 12.1 Å². The predicted octanol–water partition coefficient (Wildman–Crippen LogP) is 3.28. The van der Waals surface area contributed by atoms with Gasteiger partial charge in [-0.1, -0.05) is 5.16 Å². The lowest BCUT2D eigenvalue weighted by atomic mass is 9.91. The largest absolute Gasteiger partial charge is 0.450 e. The van der Waals surface area contributed by atoms with E-state index in [1.54, 1.807) is 13.1 Å². The minimum absolute atomic E-state index is 0.301. The number of halogens is 1. The Morgan fingerprint density at radius 2 is 2.20 bits per heavy atom. The molecule has 2 heterocycles. The van der Waals surface area contributed by atoms with Crippen LogP contribution in [0.1, 0.15) is 37.3 Å². The summed E-state index contributed by atoms with van der Waals surface area (Å²) < 4.78 is 23.5. The van der Waals surface area contributed by atoms with Crippen molar-refractivity contribution >= 4 is 17.1 Å². The number of piperidine rings is 1. The van der Waals surface area contributed by atoms with Crippen molar-refractivity contribution in [1.29, 1.82) is 0 Å². The highest BCUT2D eigenvalue weighted by Gasteiger charge is 2.24. The highest BCUT2D eigenvalue weighted by Crippen LogP contribution is 2.32. The predicted molar refractivity (Wildman–Crippen MR) is 92.0 cm³/mol. The summed E-state index contributed by atoms with van der Waals surface area (Å²) in [6, 6.07) is 4.61. The summed E-state index contributed by atoms with van der Waals surface area (Å²) in [7, 11) is 1.56. The second-order valence-corrected chi connectivity index (χ2v) is 6.42. The van der Waals surface area contributed by atoms with Crippen molar-refractivity contribution in [3.63, 3.8) is 0 Å². The Labute approximate surface area is 146 Å². The third kappa shape index (κ3) is 4.48. The molecule has 0 atom stereocenters. The molecule has 25 heavy (non-hydrogen) atoms. The van der Waals surface area contributed by atoms with Crippen molar-refractivity contribution < 1.29 is 18.4 Å². The molecule has 0 bridgehead atoms. The number of amides is 1.